The molecule has 5 unspecified atom stereocenters. The van der Waals surface area contributed by atoms with E-state index in [0.29, 0.717) is 38.0 Å². The number of nitrogens with two attached hydrogens (primary N) is 1. The molecule has 3 amide bonds. The van der Waals surface area contributed by atoms with Gasteiger partial charge in [-0.3, -0.25) is 14.4 Å². The van der Waals surface area contributed by atoms with Gasteiger partial charge in [-0.05, 0) is 48.8 Å². The van der Waals surface area contributed by atoms with Crippen LogP contribution in [-0.4, -0.2) is 81.4 Å². The van der Waals surface area contributed by atoms with Crippen LogP contribution in [0.3, 0.4) is 0 Å². The van der Waals surface area contributed by atoms with Crippen molar-refractivity contribution in [1.82, 2.24) is 20.5 Å². The van der Waals surface area contributed by atoms with Crippen molar-refractivity contribution in [2.45, 2.75) is 70.1 Å². The van der Waals surface area contributed by atoms with Crippen molar-refractivity contribution in [2.24, 2.45) is 11.7 Å². The van der Waals surface area contributed by atoms with Gasteiger partial charge in [0.15, 0.2) is 0 Å². The number of nitrogens with zero attached hydrogens (tertiary/aromatic N) is 1. The van der Waals surface area contributed by atoms with Gasteiger partial charge in [0.2, 0.25) is 17.7 Å². The van der Waals surface area contributed by atoms with Crippen molar-refractivity contribution in [3.8, 4) is 0 Å². The molecule has 3 rings (SSSR count). The highest BCUT2D eigenvalue weighted by atomic mass is 32.2. The van der Waals surface area contributed by atoms with Crippen LogP contribution in [0.2, 0.25) is 0 Å². The average Bonchev–Trinajstić information content (AvgIpc) is 3.56. The zero-order chi connectivity index (χ0) is 27.8. The average molecular weight is 546 g/mol. The molecular weight excluding hydrogens is 506 g/mol. The third-order valence-electron chi connectivity index (χ3n) is 7.30. The monoisotopic (exact) mass is 545 g/mol. The lowest BCUT2D eigenvalue weighted by molar-refractivity contribution is -0.146. The second kappa shape index (κ2) is 13.7. The Morgan fingerprint density at radius 1 is 1.24 bits per heavy atom. The van der Waals surface area contributed by atoms with Crippen molar-refractivity contribution in [1.29, 1.82) is 0 Å². The molecule has 1 aromatic heterocycles. The first-order chi connectivity index (χ1) is 18.2. The molecule has 0 saturated carbocycles. The molecule has 38 heavy (non-hydrogen) atoms. The van der Waals surface area contributed by atoms with E-state index in [2.05, 4.69) is 15.6 Å². The van der Waals surface area contributed by atoms with Gasteiger partial charge in [-0.25, -0.2) is 4.79 Å². The van der Waals surface area contributed by atoms with Crippen LogP contribution >= 0.6 is 11.8 Å². The number of benzene rings is 1. The maximum Gasteiger partial charge on any atom is 0.326 e. The minimum absolute atomic E-state index is 0.222. The minimum Gasteiger partial charge on any atom is -0.480 e. The molecule has 208 valence electrons. The van der Waals surface area contributed by atoms with Crippen LogP contribution in [0.4, 0.5) is 0 Å². The number of carboxylic acids is 1. The summed E-state index contributed by atoms with van der Waals surface area (Å²) in [5.41, 5.74) is 7.87. The number of aromatic nitrogens is 1. The Bertz CT molecular complexity index is 1140. The third kappa shape index (κ3) is 7.08. The summed E-state index contributed by atoms with van der Waals surface area (Å²) >= 11 is 1.59. The summed E-state index contributed by atoms with van der Waals surface area (Å²) in [7, 11) is 0. The maximum atomic E-state index is 13.9. The van der Waals surface area contributed by atoms with Gasteiger partial charge in [0, 0.05) is 30.1 Å². The zero-order valence-electron chi connectivity index (χ0n) is 22.2. The molecule has 5 atom stereocenters. The molecule has 0 spiro atoms. The topological polar surface area (TPSA) is 158 Å². The zero-order valence-corrected chi connectivity index (χ0v) is 23.1. The third-order valence-corrected chi connectivity index (χ3v) is 7.94. The summed E-state index contributed by atoms with van der Waals surface area (Å²) in [6.45, 7) is 3.97. The number of carbonyl (C=O) groups is 4. The number of para-hydroxylation sites is 1. The van der Waals surface area contributed by atoms with E-state index >= 15 is 0 Å². The number of fused-ring (bicyclic) bond motifs is 1. The van der Waals surface area contributed by atoms with Crippen molar-refractivity contribution in [2.75, 3.05) is 18.6 Å². The molecule has 1 saturated heterocycles. The Balaban J connectivity index is 1.83. The SMILES string of the molecule is CCC(C)C(NC(=O)C1CCCN1C(=O)C(Cc1c[nH]c2ccccc12)NC(=O)C(N)CCSC)C(=O)O. The Morgan fingerprint density at radius 3 is 2.66 bits per heavy atom. The molecule has 11 heteroatoms. The van der Waals surface area contributed by atoms with Crippen LogP contribution in [0.15, 0.2) is 30.5 Å². The number of aliphatic carboxylic acids is 1. The summed E-state index contributed by atoms with van der Waals surface area (Å²) in [6.07, 6.45) is 6.06. The summed E-state index contributed by atoms with van der Waals surface area (Å²) in [4.78, 5) is 56.4. The number of aromatic amines is 1. The molecule has 2 aromatic rings. The van der Waals surface area contributed by atoms with Crippen LogP contribution in [0.1, 0.15) is 45.1 Å². The molecule has 10 nitrogen and oxygen atoms in total. The summed E-state index contributed by atoms with van der Waals surface area (Å²) in [6, 6.07) is 4.16. The van der Waals surface area contributed by atoms with Crippen LogP contribution in [0.5, 0.6) is 0 Å². The van der Waals surface area contributed by atoms with E-state index in [0.717, 1.165) is 16.5 Å². The fourth-order valence-corrected chi connectivity index (χ4v) is 5.30. The first-order valence-corrected chi connectivity index (χ1v) is 14.5. The van der Waals surface area contributed by atoms with Crippen LogP contribution < -0.4 is 16.4 Å². The van der Waals surface area contributed by atoms with E-state index in [-0.39, 0.29) is 18.2 Å². The first-order valence-electron chi connectivity index (χ1n) is 13.1. The number of thioether (sulfide) groups is 1. The summed E-state index contributed by atoms with van der Waals surface area (Å²) in [5.74, 6) is -1.94. The Labute approximate surface area is 227 Å². The van der Waals surface area contributed by atoms with Gasteiger partial charge >= 0.3 is 5.97 Å². The molecule has 0 bridgehead atoms. The molecule has 1 aromatic carbocycles. The highest BCUT2D eigenvalue weighted by Gasteiger charge is 2.40. The second-order valence-electron chi connectivity index (χ2n) is 9.91. The maximum absolute atomic E-state index is 13.9. The van der Waals surface area contributed by atoms with Crippen LogP contribution in [0, 0.1) is 5.92 Å². The number of amides is 3. The highest BCUT2D eigenvalue weighted by molar-refractivity contribution is 7.98. The van der Waals surface area contributed by atoms with Gasteiger partial charge in [0.1, 0.15) is 18.1 Å². The lowest BCUT2D eigenvalue weighted by atomic mass is 9.98. The van der Waals surface area contributed by atoms with Gasteiger partial charge in [0.05, 0.1) is 6.04 Å². The molecule has 1 aliphatic rings. The Morgan fingerprint density at radius 2 is 1.97 bits per heavy atom. The van der Waals surface area contributed by atoms with Gasteiger partial charge in [-0.2, -0.15) is 11.8 Å². The van der Waals surface area contributed by atoms with Crippen LogP contribution in [0.25, 0.3) is 10.9 Å². The fourth-order valence-electron chi connectivity index (χ4n) is 4.81. The van der Waals surface area contributed by atoms with Gasteiger partial charge < -0.3 is 31.4 Å². The number of carbonyl (C=O) groups excluding carboxylic acids is 3. The van der Waals surface area contributed by atoms with Gasteiger partial charge in [-0.15, -0.1) is 0 Å². The molecule has 6 N–H and O–H groups in total. The first kappa shape index (κ1) is 29.5. The number of rotatable bonds is 13. The van der Waals surface area contributed by atoms with E-state index in [1.807, 2.05) is 43.6 Å². The minimum atomic E-state index is -1.10. The van der Waals surface area contributed by atoms with Crippen molar-refractivity contribution < 1.29 is 24.3 Å². The standard InChI is InChI=1S/C27H39N5O5S/c1-4-16(2)23(27(36)37)31-25(34)22-10-7-12-32(22)26(35)21(30-24(33)19(28)11-13-38-3)14-17-15-29-20-9-6-5-8-18(17)20/h5-6,8-9,15-16,19,21-23,29H,4,7,10-14,28H2,1-3H3,(H,30,33)(H,31,34)(H,36,37). The molecular formula is C27H39N5O5S. The van der Waals surface area contributed by atoms with Crippen molar-refractivity contribution >= 4 is 46.4 Å². The number of likely N-dealkylation sites (tertiary alicyclic amines) is 1. The number of carboxylic acid groups (broad SMARTS) is 1. The van der Waals surface area contributed by atoms with E-state index in [1.54, 1.807) is 18.7 Å². The van der Waals surface area contributed by atoms with E-state index < -0.39 is 42.0 Å². The molecule has 2 heterocycles. The fraction of sp³-hybridized carbons (Fsp3) is 0.556. The predicted molar refractivity (Wildman–Crippen MR) is 149 cm³/mol. The number of nitrogens with one attached hydrogen (secondary N) is 3. The summed E-state index contributed by atoms with van der Waals surface area (Å²) in [5, 5.41) is 16.0. The molecule has 0 radical (unpaired) electrons. The predicted octanol–water partition coefficient (Wildman–Crippen LogP) is 1.88. The Hall–Kier alpha value is -3.05. The van der Waals surface area contributed by atoms with E-state index in [1.165, 1.54) is 4.90 Å². The van der Waals surface area contributed by atoms with Gasteiger partial charge in [0.25, 0.3) is 0 Å². The second-order valence-corrected chi connectivity index (χ2v) is 10.9. The van der Waals surface area contributed by atoms with E-state index in [9.17, 15) is 24.3 Å². The molecule has 1 fully saturated rings. The van der Waals surface area contributed by atoms with Crippen molar-refractivity contribution in [3.05, 3.63) is 36.0 Å². The van der Waals surface area contributed by atoms with Gasteiger partial charge in [-0.1, -0.05) is 38.5 Å². The molecule has 0 aliphatic carbocycles. The highest BCUT2D eigenvalue weighted by Crippen LogP contribution is 2.23. The Kier molecular flexibility index (Phi) is 10.6. The number of H-pyrrole nitrogens is 1. The number of hydrogen-bond acceptors (Lipinski definition) is 6. The van der Waals surface area contributed by atoms with Crippen LogP contribution in [-0.2, 0) is 25.6 Å². The summed E-state index contributed by atoms with van der Waals surface area (Å²) < 4.78 is 0. The smallest absolute Gasteiger partial charge is 0.326 e. The lowest BCUT2D eigenvalue weighted by Gasteiger charge is -2.30. The largest absolute Gasteiger partial charge is 0.480 e. The number of hydrogen-bond donors (Lipinski definition) is 5. The quantitative estimate of drug-likeness (QED) is 0.257. The van der Waals surface area contributed by atoms with Crippen molar-refractivity contribution in [3.63, 3.8) is 0 Å². The van der Waals surface area contributed by atoms with E-state index in [4.69, 9.17) is 5.73 Å². The molecule has 1 aliphatic heterocycles. The normalized spacial score (nSPS) is 18.5. The lowest BCUT2D eigenvalue weighted by Crippen LogP contribution is -2.57.